The number of rotatable bonds is 17. The monoisotopic (exact) mass is 572 g/mol. The highest BCUT2D eigenvalue weighted by molar-refractivity contribution is 5.13. The van der Waals surface area contributed by atoms with E-state index in [4.69, 9.17) is 14.2 Å². The SMILES string of the molecule is FC(F)(F)C(F)(F)C(F)(F)C(F)(F)C(F)(F)C(F)(F)COCCOCCOCCOCc1ccccc1. The van der Waals surface area contributed by atoms with Crippen molar-refractivity contribution in [1.29, 1.82) is 0 Å². The maximum atomic E-state index is 13.5. The summed E-state index contributed by atoms with van der Waals surface area (Å²) in [5, 5.41) is 0. The summed E-state index contributed by atoms with van der Waals surface area (Å²) in [5.41, 5.74) is 0.922. The van der Waals surface area contributed by atoms with Crippen LogP contribution in [0, 0.1) is 0 Å². The molecule has 37 heavy (non-hydrogen) atoms. The Morgan fingerprint density at radius 1 is 0.459 bits per heavy atom. The zero-order valence-electron chi connectivity index (χ0n) is 18.6. The first kappa shape index (κ1) is 33.2. The highest BCUT2D eigenvalue weighted by Crippen LogP contribution is 2.60. The summed E-state index contributed by atoms with van der Waals surface area (Å²) in [6.07, 6.45) is -7.45. The molecule has 0 aliphatic heterocycles. The molecule has 216 valence electrons. The fourth-order valence-electron chi connectivity index (χ4n) is 2.41. The topological polar surface area (TPSA) is 36.9 Å². The Morgan fingerprint density at radius 3 is 1.32 bits per heavy atom. The van der Waals surface area contributed by atoms with E-state index in [1.165, 1.54) is 0 Å². The lowest BCUT2D eigenvalue weighted by atomic mass is 9.94. The number of hydrogen-bond donors (Lipinski definition) is 0. The molecule has 0 heterocycles. The molecule has 0 unspecified atom stereocenters. The van der Waals surface area contributed by atoms with Gasteiger partial charge in [0.05, 0.1) is 46.2 Å². The first-order valence-electron chi connectivity index (χ1n) is 10.1. The largest absolute Gasteiger partial charge is 0.460 e. The Balaban J connectivity index is 2.38. The fraction of sp³-hybridized carbons (Fsp3) is 0.700. The number of ether oxygens (including phenoxy) is 4. The van der Waals surface area contributed by atoms with Crippen molar-refractivity contribution in [3.05, 3.63) is 35.9 Å². The van der Waals surface area contributed by atoms with E-state index in [-0.39, 0.29) is 26.4 Å². The molecule has 0 aromatic heterocycles. The van der Waals surface area contributed by atoms with E-state index in [1.807, 2.05) is 30.3 Å². The van der Waals surface area contributed by atoms with E-state index >= 15 is 0 Å². The van der Waals surface area contributed by atoms with Crippen molar-refractivity contribution in [1.82, 2.24) is 0 Å². The van der Waals surface area contributed by atoms with Gasteiger partial charge in [0.2, 0.25) is 0 Å². The van der Waals surface area contributed by atoms with Crippen LogP contribution >= 0.6 is 0 Å². The van der Waals surface area contributed by atoms with Gasteiger partial charge >= 0.3 is 35.8 Å². The molecule has 0 bridgehead atoms. The van der Waals surface area contributed by atoms with Gasteiger partial charge in [0, 0.05) is 0 Å². The molecule has 0 radical (unpaired) electrons. The van der Waals surface area contributed by atoms with E-state index < -0.39 is 55.6 Å². The minimum atomic E-state index is -7.93. The molecule has 0 aliphatic carbocycles. The van der Waals surface area contributed by atoms with Gasteiger partial charge in [0.25, 0.3) is 0 Å². The van der Waals surface area contributed by atoms with Gasteiger partial charge in [-0.1, -0.05) is 30.3 Å². The third-order valence-corrected chi connectivity index (χ3v) is 4.51. The van der Waals surface area contributed by atoms with Crippen molar-refractivity contribution in [3.8, 4) is 0 Å². The third-order valence-electron chi connectivity index (χ3n) is 4.51. The molecule has 0 saturated carbocycles. The van der Waals surface area contributed by atoms with Gasteiger partial charge in [-0.25, -0.2) is 0 Å². The molecular weight excluding hydrogens is 551 g/mol. The molecule has 0 amide bonds. The van der Waals surface area contributed by atoms with Crippen LogP contribution in [0.25, 0.3) is 0 Å². The van der Waals surface area contributed by atoms with Crippen LogP contribution in [-0.4, -0.2) is 82.0 Å². The lowest BCUT2D eigenvalue weighted by Crippen LogP contribution is -2.70. The maximum Gasteiger partial charge on any atom is 0.460 e. The van der Waals surface area contributed by atoms with E-state index in [1.54, 1.807) is 0 Å². The van der Waals surface area contributed by atoms with Crippen molar-refractivity contribution in [2.24, 2.45) is 0 Å². The highest BCUT2D eigenvalue weighted by atomic mass is 19.4. The molecule has 1 aromatic rings. The van der Waals surface area contributed by atoms with Crippen molar-refractivity contribution >= 4 is 0 Å². The molecule has 0 spiro atoms. The average molecular weight is 572 g/mol. The molecule has 1 rings (SSSR count). The quantitative estimate of drug-likeness (QED) is 0.170. The van der Waals surface area contributed by atoms with Crippen LogP contribution in [0.1, 0.15) is 5.56 Å². The van der Waals surface area contributed by atoms with E-state index in [9.17, 15) is 57.1 Å². The second-order valence-corrected chi connectivity index (χ2v) is 7.32. The molecule has 0 aliphatic rings. The summed E-state index contributed by atoms with van der Waals surface area (Å²) in [7, 11) is 0. The summed E-state index contributed by atoms with van der Waals surface area (Å²) < 4.78 is 188. The molecule has 0 saturated heterocycles. The van der Waals surface area contributed by atoms with Gasteiger partial charge in [-0.2, -0.15) is 57.1 Å². The minimum Gasteiger partial charge on any atom is -0.377 e. The minimum absolute atomic E-state index is 0.0440. The lowest BCUT2D eigenvalue weighted by Gasteiger charge is -2.39. The summed E-state index contributed by atoms with van der Waals surface area (Å²) in [6.45, 7) is -3.85. The second-order valence-electron chi connectivity index (χ2n) is 7.32. The van der Waals surface area contributed by atoms with Crippen LogP contribution in [0.15, 0.2) is 30.3 Å². The Bertz CT molecular complexity index is 801. The van der Waals surface area contributed by atoms with Crippen LogP contribution in [0.3, 0.4) is 0 Å². The van der Waals surface area contributed by atoms with Gasteiger partial charge in [-0.15, -0.1) is 0 Å². The van der Waals surface area contributed by atoms with E-state index in [2.05, 4.69) is 4.74 Å². The second kappa shape index (κ2) is 12.8. The fourth-order valence-corrected chi connectivity index (χ4v) is 2.41. The van der Waals surface area contributed by atoms with Gasteiger partial charge in [0.15, 0.2) is 0 Å². The predicted molar refractivity (Wildman–Crippen MR) is 99.3 cm³/mol. The predicted octanol–water partition coefficient (Wildman–Crippen LogP) is 5.99. The van der Waals surface area contributed by atoms with Gasteiger partial charge in [-0.05, 0) is 5.56 Å². The van der Waals surface area contributed by atoms with Crippen LogP contribution in [0.4, 0.5) is 57.1 Å². The normalized spacial score (nSPS) is 14.3. The molecule has 17 heteroatoms. The number of alkyl halides is 13. The summed E-state index contributed by atoms with van der Waals surface area (Å²) in [5.74, 6) is -37.2. The molecule has 0 fully saturated rings. The summed E-state index contributed by atoms with van der Waals surface area (Å²) in [4.78, 5) is 0. The molecule has 4 nitrogen and oxygen atoms in total. The standard InChI is InChI=1S/C20H21F13O4/c21-15(22,16(23,24)17(25,26)18(27,28)19(29,30)20(31,32)33)13-37-11-9-35-7-6-34-8-10-36-12-14-4-2-1-3-5-14/h1-5H,6-13H2. The number of hydrogen-bond acceptors (Lipinski definition) is 4. The van der Waals surface area contributed by atoms with Crippen molar-refractivity contribution < 1.29 is 76.0 Å². The highest BCUT2D eigenvalue weighted by Gasteiger charge is 2.90. The summed E-state index contributed by atoms with van der Waals surface area (Å²) in [6, 6.07) is 9.12. The zero-order chi connectivity index (χ0) is 28.6. The maximum absolute atomic E-state index is 13.5. The summed E-state index contributed by atoms with van der Waals surface area (Å²) >= 11 is 0. The van der Waals surface area contributed by atoms with Crippen LogP contribution in [-0.2, 0) is 25.6 Å². The number of halogens is 13. The van der Waals surface area contributed by atoms with Crippen molar-refractivity contribution in [2.45, 2.75) is 42.4 Å². The lowest BCUT2D eigenvalue weighted by molar-refractivity contribution is -0.441. The van der Waals surface area contributed by atoms with Gasteiger partial charge < -0.3 is 18.9 Å². The Labute approximate surface area is 201 Å². The van der Waals surface area contributed by atoms with Gasteiger partial charge in [-0.3, -0.25) is 0 Å². The Morgan fingerprint density at radius 2 is 0.865 bits per heavy atom. The van der Waals surface area contributed by atoms with Crippen LogP contribution in [0.5, 0.6) is 0 Å². The van der Waals surface area contributed by atoms with Crippen molar-refractivity contribution in [3.63, 3.8) is 0 Å². The Hall–Kier alpha value is -1.85. The molecule has 1 aromatic carbocycles. The molecular formula is C20H21F13O4. The van der Waals surface area contributed by atoms with Crippen molar-refractivity contribution in [2.75, 3.05) is 46.2 Å². The number of benzene rings is 1. The zero-order valence-corrected chi connectivity index (χ0v) is 18.6. The smallest absolute Gasteiger partial charge is 0.377 e. The van der Waals surface area contributed by atoms with E-state index in [0.717, 1.165) is 5.56 Å². The Kier molecular flexibility index (Phi) is 11.5. The molecule has 0 atom stereocenters. The van der Waals surface area contributed by atoms with E-state index in [0.29, 0.717) is 6.61 Å². The molecule has 0 N–H and O–H groups in total. The third kappa shape index (κ3) is 7.83. The first-order chi connectivity index (χ1) is 16.8. The van der Waals surface area contributed by atoms with Gasteiger partial charge in [0.1, 0.15) is 6.61 Å². The van der Waals surface area contributed by atoms with Crippen LogP contribution < -0.4 is 0 Å². The van der Waals surface area contributed by atoms with Crippen LogP contribution in [0.2, 0.25) is 0 Å². The first-order valence-corrected chi connectivity index (χ1v) is 10.1. The average Bonchev–Trinajstić information content (AvgIpc) is 2.79.